The average Bonchev–Trinajstić information content (AvgIpc) is 3.01. The molecule has 0 amide bonds. The van der Waals surface area contributed by atoms with Crippen molar-refractivity contribution in [3.63, 3.8) is 0 Å². The monoisotopic (exact) mass is 265 g/mol. The van der Waals surface area contributed by atoms with Gasteiger partial charge in [0.25, 0.3) is 0 Å². The van der Waals surface area contributed by atoms with Crippen LogP contribution in [-0.2, 0) is 13.0 Å². The lowest BCUT2D eigenvalue weighted by molar-refractivity contribution is 0.621. The average molecular weight is 265 g/mol. The van der Waals surface area contributed by atoms with Crippen molar-refractivity contribution in [3.05, 3.63) is 24.5 Å². The number of aromatic nitrogens is 4. The van der Waals surface area contributed by atoms with Crippen LogP contribution in [0.2, 0.25) is 0 Å². The van der Waals surface area contributed by atoms with Crippen LogP contribution in [0.5, 0.6) is 0 Å². The lowest BCUT2D eigenvalue weighted by Gasteiger charge is -2.03. The van der Waals surface area contributed by atoms with E-state index >= 15 is 0 Å². The van der Waals surface area contributed by atoms with E-state index in [-0.39, 0.29) is 0 Å². The fourth-order valence-electron chi connectivity index (χ4n) is 1.68. The molecule has 18 heavy (non-hydrogen) atoms. The minimum absolute atomic E-state index is 0.945. The largest absolute Gasteiger partial charge is 0.360 e. The Bertz CT molecular complexity index is 437. The molecule has 98 valence electrons. The van der Waals surface area contributed by atoms with Crippen molar-refractivity contribution in [2.75, 3.05) is 11.9 Å². The molecule has 1 N–H and O–H groups in total. The maximum Gasteiger partial charge on any atom is 0.202 e. The summed E-state index contributed by atoms with van der Waals surface area (Å²) in [6.07, 6.45) is 10.0. The summed E-state index contributed by atoms with van der Waals surface area (Å²) < 4.78 is 6.40. The highest BCUT2D eigenvalue weighted by Crippen LogP contribution is 2.12. The summed E-state index contributed by atoms with van der Waals surface area (Å²) in [7, 11) is 0. The van der Waals surface area contributed by atoms with Crippen molar-refractivity contribution >= 4 is 16.7 Å². The first-order chi connectivity index (χ1) is 8.88. The van der Waals surface area contributed by atoms with Crippen LogP contribution in [0.15, 0.2) is 18.7 Å². The second-order valence-electron chi connectivity index (χ2n) is 4.20. The molecule has 5 nitrogen and oxygen atoms in total. The van der Waals surface area contributed by atoms with Crippen LogP contribution < -0.4 is 5.32 Å². The van der Waals surface area contributed by atoms with Crippen LogP contribution in [0, 0.1) is 0 Å². The normalized spacial score (nSPS) is 10.7. The quantitative estimate of drug-likeness (QED) is 0.745. The van der Waals surface area contributed by atoms with Crippen molar-refractivity contribution in [3.8, 4) is 0 Å². The Morgan fingerprint density at radius 3 is 3.11 bits per heavy atom. The Kier molecular flexibility index (Phi) is 5.14. The number of hydrogen-bond donors (Lipinski definition) is 1. The summed E-state index contributed by atoms with van der Waals surface area (Å²) in [6, 6.07) is 0. The third-order valence-electron chi connectivity index (χ3n) is 2.62. The van der Waals surface area contributed by atoms with E-state index in [1.54, 1.807) is 0 Å². The number of aryl methyl sites for hydroxylation is 2. The third kappa shape index (κ3) is 4.10. The van der Waals surface area contributed by atoms with E-state index in [0.29, 0.717) is 0 Å². The Labute approximate surface area is 111 Å². The molecule has 6 heteroatoms. The second kappa shape index (κ2) is 7.10. The molecule has 0 saturated heterocycles. The number of unbranched alkanes of at least 4 members (excludes halogenated alkanes) is 1. The van der Waals surface area contributed by atoms with E-state index < -0.39 is 0 Å². The second-order valence-corrected chi connectivity index (χ2v) is 4.95. The maximum atomic E-state index is 4.43. The molecule has 0 fully saturated rings. The molecule has 2 rings (SSSR count). The predicted octanol–water partition coefficient (Wildman–Crippen LogP) is 2.58. The zero-order valence-electron chi connectivity index (χ0n) is 10.7. The molecule has 0 aromatic carbocycles. The highest BCUT2D eigenvalue weighted by Gasteiger charge is 2.01. The lowest BCUT2D eigenvalue weighted by Crippen LogP contribution is -2.03. The van der Waals surface area contributed by atoms with E-state index in [2.05, 4.69) is 31.1 Å². The number of imidazole rings is 1. The summed E-state index contributed by atoms with van der Waals surface area (Å²) in [6.45, 7) is 4.12. The van der Waals surface area contributed by atoms with E-state index in [1.807, 2.05) is 18.7 Å². The van der Waals surface area contributed by atoms with Crippen molar-refractivity contribution in [2.24, 2.45) is 0 Å². The minimum atomic E-state index is 0.945. The number of anilines is 1. The highest BCUT2D eigenvalue weighted by molar-refractivity contribution is 7.09. The van der Waals surface area contributed by atoms with Crippen molar-refractivity contribution in [2.45, 2.75) is 39.2 Å². The molecule has 0 unspecified atom stereocenters. The first kappa shape index (κ1) is 13.0. The van der Waals surface area contributed by atoms with Gasteiger partial charge in [-0.25, -0.2) is 9.97 Å². The SMILES string of the molecule is CCCc1nsc(NCCCCn2ccnc2)n1. The molecule has 2 aromatic rings. The summed E-state index contributed by atoms with van der Waals surface area (Å²) in [5.41, 5.74) is 0. The van der Waals surface area contributed by atoms with Gasteiger partial charge in [0.1, 0.15) is 5.82 Å². The highest BCUT2D eigenvalue weighted by atomic mass is 32.1. The van der Waals surface area contributed by atoms with Crippen LogP contribution in [0.3, 0.4) is 0 Å². The molecule has 0 radical (unpaired) electrons. The van der Waals surface area contributed by atoms with Gasteiger partial charge in [-0.1, -0.05) is 6.92 Å². The van der Waals surface area contributed by atoms with Crippen LogP contribution in [-0.4, -0.2) is 25.5 Å². The minimum Gasteiger partial charge on any atom is -0.360 e. The van der Waals surface area contributed by atoms with E-state index in [9.17, 15) is 0 Å². The van der Waals surface area contributed by atoms with Gasteiger partial charge in [0.2, 0.25) is 5.13 Å². The fraction of sp³-hybridized carbons (Fsp3) is 0.583. The summed E-state index contributed by atoms with van der Waals surface area (Å²) >= 11 is 1.46. The Morgan fingerprint density at radius 2 is 2.33 bits per heavy atom. The molecular weight excluding hydrogens is 246 g/mol. The van der Waals surface area contributed by atoms with Gasteiger partial charge in [0.15, 0.2) is 0 Å². The molecule has 0 saturated carbocycles. The summed E-state index contributed by atoms with van der Waals surface area (Å²) in [4.78, 5) is 8.45. The van der Waals surface area contributed by atoms with Crippen LogP contribution in [0.25, 0.3) is 0 Å². The molecule has 0 atom stereocenters. The number of rotatable bonds is 8. The van der Waals surface area contributed by atoms with Crippen LogP contribution in [0.1, 0.15) is 32.0 Å². The van der Waals surface area contributed by atoms with Crippen LogP contribution >= 0.6 is 11.5 Å². The first-order valence-corrected chi connectivity index (χ1v) is 7.18. The van der Waals surface area contributed by atoms with E-state index in [0.717, 1.165) is 49.7 Å². The lowest BCUT2D eigenvalue weighted by atomic mass is 10.3. The number of hydrogen-bond acceptors (Lipinski definition) is 5. The smallest absolute Gasteiger partial charge is 0.202 e. The number of nitrogens with zero attached hydrogens (tertiary/aromatic N) is 4. The zero-order valence-corrected chi connectivity index (χ0v) is 11.5. The van der Waals surface area contributed by atoms with E-state index in [4.69, 9.17) is 0 Å². The van der Waals surface area contributed by atoms with Crippen molar-refractivity contribution < 1.29 is 0 Å². The molecule has 0 aliphatic heterocycles. The van der Waals surface area contributed by atoms with Crippen molar-refractivity contribution in [1.82, 2.24) is 18.9 Å². The molecule has 0 aliphatic rings. The van der Waals surface area contributed by atoms with Gasteiger partial charge in [0, 0.05) is 43.4 Å². The standard InChI is InChI=1S/C12H19N5S/c1-2-5-11-15-12(18-16-11)14-6-3-4-8-17-9-7-13-10-17/h7,9-10H,2-6,8H2,1H3,(H,14,15,16). The van der Waals surface area contributed by atoms with Crippen molar-refractivity contribution in [1.29, 1.82) is 0 Å². The van der Waals surface area contributed by atoms with Gasteiger partial charge >= 0.3 is 0 Å². The molecule has 0 spiro atoms. The van der Waals surface area contributed by atoms with Gasteiger partial charge in [-0.3, -0.25) is 0 Å². The molecule has 2 heterocycles. The zero-order chi connectivity index (χ0) is 12.6. The predicted molar refractivity (Wildman–Crippen MR) is 73.9 cm³/mol. The van der Waals surface area contributed by atoms with Gasteiger partial charge < -0.3 is 9.88 Å². The third-order valence-corrected chi connectivity index (χ3v) is 3.33. The molecule has 2 aromatic heterocycles. The molecule has 0 bridgehead atoms. The van der Waals surface area contributed by atoms with Gasteiger partial charge in [0.05, 0.1) is 6.33 Å². The molecular formula is C12H19N5S. The Balaban J connectivity index is 1.59. The maximum absolute atomic E-state index is 4.43. The van der Waals surface area contributed by atoms with Crippen LogP contribution in [0.4, 0.5) is 5.13 Å². The topological polar surface area (TPSA) is 55.6 Å². The van der Waals surface area contributed by atoms with Gasteiger partial charge in [-0.05, 0) is 19.3 Å². The van der Waals surface area contributed by atoms with Gasteiger partial charge in [-0.2, -0.15) is 4.37 Å². The Morgan fingerprint density at radius 1 is 1.39 bits per heavy atom. The fourth-order valence-corrected chi connectivity index (χ4v) is 2.32. The molecule has 0 aliphatic carbocycles. The number of nitrogens with one attached hydrogen (secondary N) is 1. The Hall–Kier alpha value is -1.43. The first-order valence-electron chi connectivity index (χ1n) is 6.40. The summed E-state index contributed by atoms with van der Waals surface area (Å²) in [5.74, 6) is 0.961. The van der Waals surface area contributed by atoms with E-state index in [1.165, 1.54) is 11.5 Å². The summed E-state index contributed by atoms with van der Waals surface area (Å²) in [5, 5.41) is 4.27. The van der Waals surface area contributed by atoms with Gasteiger partial charge in [-0.15, -0.1) is 0 Å².